The second-order valence-corrected chi connectivity index (χ2v) is 20.4. The predicted octanol–water partition coefficient (Wildman–Crippen LogP) is 17.3. The number of rotatable bonds is 9. The molecule has 9 heteroatoms. The van der Waals surface area contributed by atoms with Gasteiger partial charge in [-0.05, 0) is 70.8 Å². The van der Waals surface area contributed by atoms with Crippen LogP contribution in [0.1, 0.15) is 0 Å². The molecule has 0 unspecified atom stereocenters. The molecule has 0 saturated carbocycles. The first-order valence-corrected chi connectivity index (χ1v) is 27.1. The molecule has 0 amide bonds. The fourth-order valence-corrected chi connectivity index (χ4v) is 11.8. The zero-order valence-electron chi connectivity index (χ0n) is 43.5. The molecule has 0 atom stereocenters. The van der Waals surface area contributed by atoms with Gasteiger partial charge in [-0.3, -0.25) is 13.7 Å². The van der Waals surface area contributed by atoms with Crippen molar-refractivity contribution in [3.05, 3.63) is 273 Å². The molecule has 5 heterocycles. The average molecular weight is 1040 g/mol. The third kappa shape index (κ3) is 7.70. The summed E-state index contributed by atoms with van der Waals surface area (Å²) in [5.41, 5.74) is 16.7. The lowest BCUT2D eigenvalue weighted by Crippen LogP contribution is -2.04. The number of hydrogen-bond donors (Lipinski definition) is 0. The van der Waals surface area contributed by atoms with Crippen molar-refractivity contribution in [1.29, 1.82) is 0 Å². The molecule has 81 heavy (non-hydrogen) atoms. The molecule has 0 aliphatic rings. The lowest BCUT2D eigenvalue weighted by atomic mass is 10.0. The Hall–Kier alpha value is -11.2. The molecule has 378 valence electrons. The summed E-state index contributed by atoms with van der Waals surface area (Å²) in [6.07, 6.45) is 0. The Balaban J connectivity index is 0.856. The van der Waals surface area contributed by atoms with E-state index >= 15 is 0 Å². The molecule has 0 bridgehead atoms. The van der Waals surface area contributed by atoms with Crippen LogP contribution in [0.15, 0.2) is 273 Å². The van der Waals surface area contributed by atoms with Crippen molar-refractivity contribution < 1.29 is 0 Å². The van der Waals surface area contributed by atoms with Gasteiger partial charge in [0.2, 0.25) is 11.9 Å². The van der Waals surface area contributed by atoms with Crippen LogP contribution in [0, 0.1) is 0 Å². The Morgan fingerprint density at radius 2 is 0.556 bits per heavy atom. The van der Waals surface area contributed by atoms with Crippen LogP contribution in [-0.2, 0) is 0 Å². The van der Waals surface area contributed by atoms with Crippen molar-refractivity contribution in [2.75, 3.05) is 0 Å². The number of benzene rings is 11. The van der Waals surface area contributed by atoms with E-state index in [1.165, 1.54) is 11.1 Å². The van der Waals surface area contributed by atoms with Gasteiger partial charge in [-0.2, -0.15) is 0 Å². The van der Waals surface area contributed by atoms with Crippen LogP contribution in [0.2, 0.25) is 0 Å². The predicted molar refractivity (Wildman–Crippen MR) is 329 cm³/mol. The molecule has 0 N–H and O–H groups in total. The van der Waals surface area contributed by atoms with E-state index < -0.39 is 0 Å². The lowest BCUT2D eigenvalue weighted by molar-refractivity contribution is 1.01. The Morgan fingerprint density at radius 1 is 0.222 bits per heavy atom. The summed E-state index contributed by atoms with van der Waals surface area (Å²) in [6, 6.07) is 95.2. The third-order valence-corrected chi connectivity index (χ3v) is 15.7. The van der Waals surface area contributed by atoms with E-state index in [1.54, 1.807) is 0 Å². The second kappa shape index (κ2) is 18.8. The van der Waals surface area contributed by atoms with Gasteiger partial charge in [-0.15, -0.1) is 10.2 Å². The molecule has 0 aliphatic heterocycles. The molecule has 0 saturated heterocycles. The van der Waals surface area contributed by atoms with E-state index in [0.29, 0.717) is 23.5 Å². The van der Waals surface area contributed by atoms with E-state index in [0.717, 1.165) is 116 Å². The molecule has 0 radical (unpaired) electrons. The minimum absolute atomic E-state index is 0.580. The van der Waals surface area contributed by atoms with Gasteiger partial charge in [0.15, 0.2) is 11.6 Å². The van der Waals surface area contributed by atoms with Gasteiger partial charge in [0.05, 0.1) is 44.5 Å². The number of hydrogen-bond acceptors (Lipinski definition) is 6. The van der Waals surface area contributed by atoms with Crippen molar-refractivity contribution in [2.45, 2.75) is 0 Å². The Morgan fingerprint density at radius 3 is 1.00 bits per heavy atom. The number of fused-ring (bicyclic) bond motifs is 8. The van der Waals surface area contributed by atoms with Gasteiger partial charge >= 0.3 is 0 Å². The normalized spacial score (nSPS) is 11.7. The minimum atomic E-state index is 0.580. The van der Waals surface area contributed by atoms with Crippen molar-refractivity contribution >= 4 is 65.4 Å². The van der Waals surface area contributed by atoms with Crippen molar-refractivity contribution in [2.24, 2.45) is 0 Å². The zero-order chi connectivity index (χ0) is 53.4. The van der Waals surface area contributed by atoms with E-state index in [-0.39, 0.29) is 0 Å². The zero-order valence-corrected chi connectivity index (χ0v) is 43.5. The van der Waals surface area contributed by atoms with Crippen LogP contribution in [0.5, 0.6) is 0 Å². The van der Waals surface area contributed by atoms with Crippen LogP contribution < -0.4 is 0 Å². The molecule has 11 aromatic carbocycles. The smallest absolute Gasteiger partial charge is 0.235 e. The quantitative estimate of drug-likeness (QED) is 0.143. The number of nitrogens with zero attached hydrogens (tertiary/aromatic N) is 9. The largest absolute Gasteiger partial charge is 0.278 e. The maximum atomic E-state index is 5.45. The highest BCUT2D eigenvalue weighted by Crippen LogP contribution is 2.40. The second-order valence-electron chi connectivity index (χ2n) is 20.4. The maximum Gasteiger partial charge on any atom is 0.235 e. The average Bonchev–Trinajstić information content (AvgIpc) is 4.43. The van der Waals surface area contributed by atoms with Crippen LogP contribution in [0.3, 0.4) is 0 Å². The monoisotopic (exact) mass is 1040 g/mol. The Labute approximate surface area is 465 Å². The summed E-state index contributed by atoms with van der Waals surface area (Å²) in [6.45, 7) is 0. The first-order valence-electron chi connectivity index (χ1n) is 27.1. The van der Waals surface area contributed by atoms with Crippen LogP contribution in [-0.4, -0.2) is 43.8 Å². The fraction of sp³-hybridized carbons (Fsp3) is 0. The molecule has 16 aromatic rings. The van der Waals surface area contributed by atoms with Gasteiger partial charge in [0, 0.05) is 60.3 Å². The van der Waals surface area contributed by atoms with Crippen molar-refractivity contribution in [1.82, 2.24) is 43.8 Å². The highest BCUT2D eigenvalue weighted by molar-refractivity contribution is 6.11. The summed E-state index contributed by atoms with van der Waals surface area (Å²) < 4.78 is 6.55. The Kier molecular flexibility index (Phi) is 10.7. The van der Waals surface area contributed by atoms with E-state index in [2.05, 4.69) is 256 Å². The molecule has 16 rings (SSSR count). The first kappa shape index (κ1) is 46.0. The first-order chi connectivity index (χ1) is 40.2. The Bertz CT molecular complexity index is 4780. The molecule has 5 aromatic heterocycles. The van der Waals surface area contributed by atoms with E-state index in [4.69, 9.17) is 30.1 Å². The molecular weight excluding hydrogens is 991 g/mol. The summed E-state index contributed by atoms with van der Waals surface area (Å²) >= 11 is 0. The maximum absolute atomic E-state index is 5.45. The molecular formula is C72H45N9. The number of aromatic nitrogens is 9. The van der Waals surface area contributed by atoms with Gasteiger partial charge in [0.25, 0.3) is 0 Å². The van der Waals surface area contributed by atoms with Gasteiger partial charge in [-0.1, -0.05) is 224 Å². The van der Waals surface area contributed by atoms with Crippen molar-refractivity contribution in [3.8, 4) is 85.1 Å². The summed E-state index contributed by atoms with van der Waals surface area (Å²) in [5, 5.41) is 16.5. The SMILES string of the molecule is c1ccc(-c2ccc(-c3nc(-n4c5ccccc5c5ccc(-c6nnc(-c7ccc8c9ccccc9n(-c9nc(-c%10ccc(-c%11ccccc%11)cc%10)c%10ccccc%10n9)c8c7)n6-c6ccccc6)cc54)nc4ccccc34)cc2)cc1. The van der Waals surface area contributed by atoms with Crippen molar-refractivity contribution in [3.63, 3.8) is 0 Å². The summed E-state index contributed by atoms with van der Waals surface area (Å²) in [7, 11) is 0. The topological polar surface area (TPSA) is 92.1 Å². The standard InChI is InChI=1S/C72H45N9/c1-4-18-46(19-5-1)48-32-36-50(37-33-48)67-59-26-10-14-28-61(59)73-71(75-67)80-63-30-16-12-24-55(63)57-42-40-52(44-65(57)80)69-77-78-70(79(69)54-22-8-3-9-23-54)53-41-43-58-56-25-13-17-31-64(56)81(66(58)45-53)72-74-62-29-15-11-27-60(62)68(76-72)51-38-34-49(35-39-51)47-20-6-2-7-21-47/h1-45H. The van der Waals surface area contributed by atoms with E-state index in [9.17, 15) is 0 Å². The third-order valence-electron chi connectivity index (χ3n) is 15.7. The highest BCUT2D eigenvalue weighted by atomic mass is 15.3. The van der Waals surface area contributed by atoms with E-state index in [1.807, 2.05) is 30.3 Å². The minimum Gasteiger partial charge on any atom is -0.278 e. The number of para-hydroxylation sites is 5. The lowest BCUT2D eigenvalue weighted by Gasteiger charge is -2.14. The summed E-state index contributed by atoms with van der Waals surface area (Å²) in [4.78, 5) is 21.5. The summed E-state index contributed by atoms with van der Waals surface area (Å²) in [5.74, 6) is 2.54. The van der Waals surface area contributed by atoms with Gasteiger partial charge in [-0.25, -0.2) is 19.9 Å². The highest BCUT2D eigenvalue weighted by Gasteiger charge is 2.24. The van der Waals surface area contributed by atoms with Crippen LogP contribution in [0.4, 0.5) is 0 Å². The molecule has 0 aliphatic carbocycles. The van der Waals surface area contributed by atoms with Gasteiger partial charge in [0.1, 0.15) is 0 Å². The van der Waals surface area contributed by atoms with Crippen LogP contribution >= 0.6 is 0 Å². The fourth-order valence-electron chi connectivity index (χ4n) is 11.8. The molecule has 0 spiro atoms. The molecule has 9 nitrogen and oxygen atoms in total. The van der Waals surface area contributed by atoms with Gasteiger partial charge < -0.3 is 0 Å². The molecule has 0 fully saturated rings. The van der Waals surface area contributed by atoms with Crippen LogP contribution in [0.25, 0.3) is 151 Å².